The summed E-state index contributed by atoms with van der Waals surface area (Å²) in [7, 11) is -3.82. The number of hydrogen-bond acceptors (Lipinski definition) is 4. The van der Waals surface area contributed by atoms with Crippen molar-refractivity contribution in [3.8, 4) is 0 Å². The second-order valence-corrected chi connectivity index (χ2v) is 9.60. The second kappa shape index (κ2) is 9.17. The van der Waals surface area contributed by atoms with Crippen LogP contribution in [-0.4, -0.2) is 41.5 Å². The van der Waals surface area contributed by atoms with E-state index in [0.29, 0.717) is 30.6 Å². The van der Waals surface area contributed by atoms with Crippen LogP contribution in [0.5, 0.6) is 0 Å². The van der Waals surface area contributed by atoms with E-state index >= 15 is 0 Å². The normalized spacial score (nSPS) is 17.2. The highest BCUT2D eigenvalue weighted by molar-refractivity contribution is 7.89. The minimum Gasteiger partial charge on any atom is -0.323 e. The van der Waals surface area contributed by atoms with Gasteiger partial charge in [0.2, 0.25) is 15.9 Å². The summed E-state index contributed by atoms with van der Waals surface area (Å²) in [5.41, 5.74) is 0.923. The molecular weight excluding hydrogens is 438 g/mol. The minimum absolute atomic E-state index is 0.00520. The summed E-state index contributed by atoms with van der Waals surface area (Å²) in [5.74, 6) is -1.70. The summed E-state index contributed by atoms with van der Waals surface area (Å²) in [4.78, 5) is 12.8. The SMILES string of the molecule is O=C(Nc1cnn(Cc2ccccc2F)c1)[C@@H]1CCCN(S(=O)(=O)c2ccc(F)cc2)C1. The Hall–Kier alpha value is -3.11. The Morgan fingerprint density at radius 2 is 1.88 bits per heavy atom. The molecule has 1 atom stereocenters. The third-order valence-electron chi connectivity index (χ3n) is 5.40. The van der Waals surface area contributed by atoms with Gasteiger partial charge in [0, 0.05) is 24.8 Å². The molecule has 2 heterocycles. The third-order valence-corrected chi connectivity index (χ3v) is 7.28. The van der Waals surface area contributed by atoms with Gasteiger partial charge in [0.25, 0.3) is 0 Å². The van der Waals surface area contributed by atoms with Gasteiger partial charge in [-0.25, -0.2) is 17.2 Å². The molecule has 0 saturated carbocycles. The van der Waals surface area contributed by atoms with Crippen molar-refractivity contribution in [3.05, 3.63) is 78.1 Å². The average molecular weight is 461 g/mol. The Morgan fingerprint density at radius 1 is 1.12 bits per heavy atom. The minimum atomic E-state index is -3.82. The van der Waals surface area contributed by atoms with E-state index in [-0.39, 0.29) is 29.7 Å². The fraction of sp³-hybridized carbons (Fsp3) is 0.273. The van der Waals surface area contributed by atoms with Crippen LogP contribution in [-0.2, 0) is 21.4 Å². The van der Waals surface area contributed by atoms with Gasteiger partial charge in [0.05, 0.1) is 29.2 Å². The van der Waals surface area contributed by atoms with Gasteiger partial charge in [-0.1, -0.05) is 18.2 Å². The fourth-order valence-electron chi connectivity index (χ4n) is 3.69. The summed E-state index contributed by atoms with van der Waals surface area (Å²) < 4.78 is 55.5. The zero-order valence-corrected chi connectivity index (χ0v) is 17.9. The Bertz CT molecular complexity index is 1210. The number of nitrogens with zero attached hydrogens (tertiary/aromatic N) is 3. The highest BCUT2D eigenvalue weighted by Crippen LogP contribution is 2.25. The Labute approximate surface area is 184 Å². The van der Waals surface area contributed by atoms with E-state index in [0.717, 1.165) is 12.1 Å². The topological polar surface area (TPSA) is 84.3 Å². The maximum absolute atomic E-state index is 13.8. The number of carbonyl (C=O) groups excluding carboxylic acids is 1. The number of benzene rings is 2. The molecule has 3 aromatic rings. The smallest absolute Gasteiger partial charge is 0.243 e. The van der Waals surface area contributed by atoms with E-state index in [2.05, 4.69) is 10.4 Å². The van der Waals surface area contributed by atoms with Gasteiger partial charge in [0.1, 0.15) is 11.6 Å². The molecule has 7 nitrogen and oxygen atoms in total. The van der Waals surface area contributed by atoms with Crippen molar-refractivity contribution in [1.82, 2.24) is 14.1 Å². The molecule has 1 aliphatic heterocycles. The van der Waals surface area contributed by atoms with Crippen molar-refractivity contribution < 1.29 is 22.0 Å². The molecule has 1 aliphatic rings. The highest BCUT2D eigenvalue weighted by Gasteiger charge is 2.33. The van der Waals surface area contributed by atoms with Gasteiger partial charge in [-0.3, -0.25) is 9.48 Å². The standard InChI is InChI=1S/C22H22F2N4O3S/c23-18-7-9-20(10-8-18)32(30,31)28-11-3-5-17(14-28)22(29)26-19-12-25-27(15-19)13-16-4-1-2-6-21(16)24/h1-2,4,6-10,12,15,17H,3,5,11,13-14H2,(H,26,29)/t17-/m1/s1. The van der Waals surface area contributed by atoms with Crippen LogP contribution in [0.4, 0.5) is 14.5 Å². The first-order chi connectivity index (χ1) is 15.3. The van der Waals surface area contributed by atoms with Gasteiger partial charge in [0.15, 0.2) is 0 Å². The fourth-order valence-corrected chi connectivity index (χ4v) is 5.21. The number of rotatable bonds is 6. The predicted molar refractivity (Wildman–Crippen MR) is 114 cm³/mol. The average Bonchev–Trinajstić information content (AvgIpc) is 3.22. The molecule has 2 aromatic carbocycles. The molecule has 0 aliphatic carbocycles. The number of anilines is 1. The summed E-state index contributed by atoms with van der Waals surface area (Å²) >= 11 is 0. The Kier molecular flexibility index (Phi) is 6.33. The van der Waals surface area contributed by atoms with Crippen LogP contribution in [0, 0.1) is 17.6 Å². The lowest BCUT2D eigenvalue weighted by Crippen LogP contribution is -2.43. The van der Waals surface area contributed by atoms with E-state index in [9.17, 15) is 22.0 Å². The van der Waals surface area contributed by atoms with Crippen LogP contribution < -0.4 is 5.32 Å². The summed E-state index contributed by atoms with van der Waals surface area (Å²) in [6.07, 6.45) is 4.14. The van der Waals surface area contributed by atoms with E-state index < -0.39 is 21.8 Å². The van der Waals surface area contributed by atoms with Crippen LogP contribution in [0.3, 0.4) is 0 Å². The van der Waals surface area contributed by atoms with Crippen molar-refractivity contribution in [2.24, 2.45) is 5.92 Å². The van der Waals surface area contributed by atoms with E-state index in [1.54, 1.807) is 24.4 Å². The van der Waals surface area contributed by atoms with Gasteiger partial charge in [-0.2, -0.15) is 9.40 Å². The summed E-state index contributed by atoms with van der Waals surface area (Å²) in [6.45, 7) is 0.550. The van der Waals surface area contributed by atoms with Gasteiger partial charge < -0.3 is 5.32 Å². The molecule has 0 unspecified atom stereocenters. The molecule has 1 aromatic heterocycles. The molecule has 0 bridgehead atoms. The van der Waals surface area contributed by atoms with Gasteiger partial charge in [-0.15, -0.1) is 0 Å². The first kappa shape index (κ1) is 22.1. The number of hydrogen-bond donors (Lipinski definition) is 1. The number of nitrogens with one attached hydrogen (secondary N) is 1. The molecule has 1 N–H and O–H groups in total. The lowest BCUT2D eigenvalue weighted by atomic mass is 9.99. The number of halogens is 2. The zero-order chi connectivity index (χ0) is 22.7. The zero-order valence-electron chi connectivity index (χ0n) is 17.1. The number of sulfonamides is 1. The van der Waals surface area contributed by atoms with Crippen molar-refractivity contribution in [2.75, 3.05) is 18.4 Å². The molecule has 0 radical (unpaired) electrons. The number of carbonyl (C=O) groups is 1. The molecule has 32 heavy (non-hydrogen) atoms. The second-order valence-electron chi connectivity index (χ2n) is 7.66. The van der Waals surface area contributed by atoms with Crippen LogP contribution in [0.15, 0.2) is 65.8 Å². The van der Waals surface area contributed by atoms with Crippen molar-refractivity contribution in [3.63, 3.8) is 0 Å². The third kappa shape index (κ3) is 4.86. The molecule has 10 heteroatoms. The molecule has 1 saturated heterocycles. The van der Waals surface area contributed by atoms with E-state index in [1.165, 1.54) is 33.4 Å². The summed E-state index contributed by atoms with van der Waals surface area (Å²) in [5, 5.41) is 6.91. The van der Waals surface area contributed by atoms with Crippen LogP contribution in [0.2, 0.25) is 0 Å². The van der Waals surface area contributed by atoms with E-state index in [4.69, 9.17) is 0 Å². The monoisotopic (exact) mass is 460 g/mol. The van der Waals surface area contributed by atoms with Crippen LogP contribution in [0.25, 0.3) is 0 Å². The van der Waals surface area contributed by atoms with Gasteiger partial charge in [-0.05, 0) is 43.2 Å². The number of aromatic nitrogens is 2. The predicted octanol–water partition coefficient (Wildman–Crippen LogP) is 3.25. The van der Waals surface area contributed by atoms with Gasteiger partial charge >= 0.3 is 0 Å². The van der Waals surface area contributed by atoms with Crippen molar-refractivity contribution in [1.29, 1.82) is 0 Å². The molecule has 1 fully saturated rings. The van der Waals surface area contributed by atoms with Crippen molar-refractivity contribution >= 4 is 21.6 Å². The van der Waals surface area contributed by atoms with Crippen LogP contribution >= 0.6 is 0 Å². The quantitative estimate of drug-likeness (QED) is 0.612. The number of amides is 1. The molecule has 1 amide bonds. The Morgan fingerprint density at radius 3 is 2.62 bits per heavy atom. The highest BCUT2D eigenvalue weighted by atomic mass is 32.2. The van der Waals surface area contributed by atoms with E-state index in [1.807, 2.05) is 0 Å². The lowest BCUT2D eigenvalue weighted by molar-refractivity contribution is -0.120. The number of piperidine rings is 1. The molecule has 0 spiro atoms. The molecule has 4 rings (SSSR count). The maximum Gasteiger partial charge on any atom is 0.243 e. The molecule has 168 valence electrons. The first-order valence-electron chi connectivity index (χ1n) is 10.2. The largest absolute Gasteiger partial charge is 0.323 e. The van der Waals surface area contributed by atoms with Crippen LogP contribution in [0.1, 0.15) is 18.4 Å². The van der Waals surface area contributed by atoms with Crippen molar-refractivity contribution in [2.45, 2.75) is 24.3 Å². The lowest BCUT2D eigenvalue weighted by Gasteiger charge is -2.31. The first-order valence-corrected chi connectivity index (χ1v) is 11.6. The Balaban J connectivity index is 1.40. The maximum atomic E-state index is 13.8. The molecular formula is C22H22F2N4O3S. The summed E-state index contributed by atoms with van der Waals surface area (Å²) in [6, 6.07) is 11.0.